The molecule has 3 aromatic rings. The van der Waals surface area contributed by atoms with Crippen LogP contribution in [0.2, 0.25) is 0 Å². The van der Waals surface area contributed by atoms with Crippen LogP contribution in [0.5, 0.6) is 5.75 Å². The number of anilines is 1. The molecule has 0 aliphatic rings. The molecule has 1 unspecified atom stereocenters. The van der Waals surface area contributed by atoms with Gasteiger partial charge in [-0.05, 0) is 29.8 Å². The summed E-state index contributed by atoms with van der Waals surface area (Å²) in [5, 5.41) is 10.9. The molecule has 0 N–H and O–H groups in total. The molecule has 0 fully saturated rings. The van der Waals surface area contributed by atoms with E-state index in [1.54, 1.807) is 12.1 Å². The van der Waals surface area contributed by atoms with E-state index in [-0.39, 0.29) is 35.2 Å². The van der Waals surface area contributed by atoms with Gasteiger partial charge in [0.15, 0.2) is 6.39 Å². The molecule has 1 atom stereocenters. The number of carbonyl (C=O) groups excluding carboxylic acids is 1. The summed E-state index contributed by atoms with van der Waals surface area (Å²) >= 11 is 0. The fourth-order valence-electron chi connectivity index (χ4n) is 2.79. The summed E-state index contributed by atoms with van der Waals surface area (Å²) in [7, 11) is -3.78. The van der Waals surface area contributed by atoms with E-state index in [0.717, 1.165) is 16.1 Å². The van der Waals surface area contributed by atoms with Gasteiger partial charge in [0.1, 0.15) is 23.8 Å². The third kappa shape index (κ3) is 6.60. The molecule has 0 spiro atoms. The first kappa shape index (κ1) is 23.9. The van der Waals surface area contributed by atoms with E-state index < -0.39 is 28.6 Å². The van der Waals surface area contributed by atoms with E-state index in [1.807, 2.05) is 30.3 Å². The van der Waals surface area contributed by atoms with Gasteiger partial charge in [-0.3, -0.25) is 4.31 Å². The largest absolute Gasteiger partial charge is 1.00 e. The Kier molecular flexibility index (Phi) is 8.48. The van der Waals surface area contributed by atoms with E-state index in [1.165, 1.54) is 24.8 Å². The number of aliphatic carboxylic acids is 1. The zero-order valence-corrected chi connectivity index (χ0v) is 19.4. The minimum atomic E-state index is -3.78. The second-order valence-corrected chi connectivity index (χ2v) is 8.25. The van der Waals surface area contributed by atoms with E-state index in [9.17, 15) is 18.3 Å². The van der Waals surface area contributed by atoms with Crippen LogP contribution in [-0.4, -0.2) is 32.2 Å². The van der Waals surface area contributed by atoms with Crippen LogP contribution < -0.4 is 43.7 Å². The summed E-state index contributed by atoms with van der Waals surface area (Å²) in [5.41, 5.74) is 1.87. The number of hydrogen-bond donors (Lipinski definition) is 0. The molecule has 0 radical (unpaired) electrons. The van der Waals surface area contributed by atoms with E-state index in [2.05, 4.69) is 4.98 Å². The molecule has 2 aromatic carbocycles. The maximum Gasteiger partial charge on any atom is 1.00 e. The molecule has 30 heavy (non-hydrogen) atoms. The number of carboxylic acids is 1. The SMILES string of the molecule is CS(=O)(=O)N(CC(=O)[O-])c1ccc(OC(Cc2ccccc2)c2cocn2)cc1.[Na+]. The molecule has 8 nitrogen and oxygen atoms in total. The predicted molar refractivity (Wildman–Crippen MR) is 104 cm³/mol. The van der Waals surface area contributed by atoms with Crippen molar-refractivity contribution in [3.8, 4) is 5.75 Å². The van der Waals surface area contributed by atoms with Crippen LogP contribution in [0, 0.1) is 0 Å². The second kappa shape index (κ2) is 10.6. The van der Waals surface area contributed by atoms with Crippen LogP contribution in [0.1, 0.15) is 17.4 Å². The number of carbonyl (C=O) groups is 1. The Bertz CT molecular complexity index is 1040. The number of hydrogen-bond acceptors (Lipinski definition) is 7. The van der Waals surface area contributed by atoms with Gasteiger partial charge in [0.25, 0.3) is 0 Å². The fraction of sp³-hybridized carbons (Fsp3) is 0.200. The van der Waals surface area contributed by atoms with Crippen LogP contribution in [0.4, 0.5) is 5.69 Å². The second-order valence-electron chi connectivity index (χ2n) is 6.35. The summed E-state index contributed by atoms with van der Waals surface area (Å²) in [6, 6.07) is 15.8. The van der Waals surface area contributed by atoms with Crippen molar-refractivity contribution in [1.82, 2.24) is 4.98 Å². The minimum Gasteiger partial charge on any atom is -0.548 e. The van der Waals surface area contributed by atoms with Gasteiger partial charge in [0.05, 0.1) is 24.5 Å². The van der Waals surface area contributed by atoms with Crippen molar-refractivity contribution < 1.29 is 57.0 Å². The zero-order valence-electron chi connectivity index (χ0n) is 16.6. The first-order valence-electron chi connectivity index (χ1n) is 8.69. The predicted octanol–water partition coefficient (Wildman–Crippen LogP) is -1.44. The number of oxazole rings is 1. The quantitative estimate of drug-likeness (QED) is 0.376. The number of carboxylic acid groups (broad SMARTS) is 1. The summed E-state index contributed by atoms with van der Waals surface area (Å²) in [4.78, 5) is 15.1. The van der Waals surface area contributed by atoms with Crippen LogP contribution in [0.3, 0.4) is 0 Å². The Balaban J connectivity index is 0.00000320. The zero-order chi connectivity index (χ0) is 20.9. The topological polar surface area (TPSA) is 113 Å². The Morgan fingerprint density at radius 3 is 2.37 bits per heavy atom. The standard InChI is InChI=1S/C20H20N2O6S.Na/c1-29(25,26)22(12-20(23)24)16-7-9-17(10-8-16)28-19(18-13-27-14-21-18)11-15-5-3-2-4-6-15;/h2-10,13-14,19H,11-12H2,1H3,(H,23,24);/q;+1/p-1. The van der Waals surface area contributed by atoms with E-state index >= 15 is 0 Å². The molecule has 1 aromatic heterocycles. The molecule has 0 aliphatic carbocycles. The van der Waals surface area contributed by atoms with Crippen LogP contribution in [-0.2, 0) is 21.2 Å². The molecule has 0 amide bonds. The summed E-state index contributed by atoms with van der Waals surface area (Å²) < 4.78 is 35.6. The van der Waals surface area contributed by atoms with Crippen molar-refractivity contribution in [2.75, 3.05) is 17.1 Å². The Labute approximate surface area is 196 Å². The molecule has 3 rings (SSSR count). The van der Waals surface area contributed by atoms with Crippen molar-refractivity contribution in [3.63, 3.8) is 0 Å². The number of benzene rings is 2. The van der Waals surface area contributed by atoms with Crippen molar-refractivity contribution >= 4 is 21.7 Å². The van der Waals surface area contributed by atoms with Gasteiger partial charge in [-0.2, -0.15) is 0 Å². The number of rotatable bonds is 9. The summed E-state index contributed by atoms with van der Waals surface area (Å²) in [5.74, 6) is -1.02. The molecule has 10 heteroatoms. The van der Waals surface area contributed by atoms with Crippen molar-refractivity contribution in [2.45, 2.75) is 12.5 Å². The molecule has 0 bridgehead atoms. The molecule has 0 saturated carbocycles. The first-order valence-corrected chi connectivity index (χ1v) is 10.5. The Morgan fingerprint density at radius 2 is 1.83 bits per heavy atom. The van der Waals surface area contributed by atoms with Gasteiger partial charge in [-0.25, -0.2) is 13.4 Å². The van der Waals surface area contributed by atoms with Gasteiger partial charge in [-0.1, -0.05) is 30.3 Å². The Morgan fingerprint density at radius 1 is 1.17 bits per heavy atom. The summed E-state index contributed by atoms with van der Waals surface area (Å²) in [6.45, 7) is -0.769. The van der Waals surface area contributed by atoms with Crippen LogP contribution in [0.15, 0.2) is 71.7 Å². The fourth-order valence-corrected chi connectivity index (χ4v) is 3.63. The number of nitrogens with zero attached hydrogens (tertiary/aromatic N) is 2. The number of ether oxygens (including phenoxy) is 1. The normalized spacial score (nSPS) is 11.9. The van der Waals surface area contributed by atoms with E-state index in [4.69, 9.17) is 9.15 Å². The third-order valence-corrected chi connectivity index (χ3v) is 5.26. The average molecular weight is 438 g/mol. The Hall–Kier alpha value is -2.33. The average Bonchev–Trinajstić information content (AvgIpc) is 3.21. The molecular formula is C20H19N2NaO6S. The van der Waals surface area contributed by atoms with E-state index in [0.29, 0.717) is 17.9 Å². The van der Waals surface area contributed by atoms with Crippen LogP contribution in [0.25, 0.3) is 0 Å². The monoisotopic (exact) mass is 438 g/mol. The maximum absolute atomic E-state index is 11.9. The van der Waals surface area contributed by atoms with Gasteiger partial charge in [0, 0.05) is 6.42 Å². The number of aromatic nitrogens is 1. The third-order valence-electron chi connectivity index (χ3n) is 4.12. The minimum absolute atomic E-state index is 0. The molecule has 1 heterocycles. The number of sulfonamides is 1. The molecular weight excluding hydrogens is 419 g/mol. The smallest absolute Gasteiger partial charge is 0.548 e. The van der Waals surface area contributed by atoms with Gasteiger partial charge in [0.2, 0.25) is 10.0 Å². The van der Waals surface area contributed by atoms with Gasteiger partial charge < -0.3 is 19.1 Å². The van der Waals surface area contributed by atoms with Crippen LogP contribution >= 0.6 is 0 Å². The first-order chi connectivity index (χ1) is 13.8. The molecule has 0 aliphatic heterocycles. The van der Waals surface area contributed by atoms with Gasteiger partial charge >= 0.3 is 29.6 Å². The van der Waals surface area contributed by atoms with Crippen molar-refractivity contribution in [2.24, 2.45) is 0 Å². The van der Waals surface area contributed by atoms with Crippen molar-refractivity contribution in [3.05, 3.63) is 78.5 Å². The maximum atomic E-state index is 11.9. The van der Waals surface area contributed by atoms with Crippen molar-refractivity contribution in [1.29, 1.82) is 0 Å². The summed E-state index contributed by atoms with van der Waals surface area (Å²) in [6.07, 6.45) is 3.89. The molecule has 0 saturated heterocycles. The van der Waals surface area contributed by atoms with Gasteiger partial charge in [-0.15, -0.1) is 0 Å². The molecule has 152 valence electrons.